The molecule has 0 aromatic heterocycles. The van der Waals surface area contributed by atoms with Gasteiger partial charge in [0.1, 0.15) is 0 Å². The topological polar surface area (TPSA) is 0 Å². The molecular formula is C26H21ClF3P. The Labute approximate surface area is 185 Å². The molecule has 0 aliphatic rings. The van der Waals surface area contributed by atoms with Crippen molar-refractivity contribution in [1.82, 2.24) is 0 Å². The Hall–Kier alpha value is -2.61. The van der Waals surface area contributed by atoms with Crippen LogP contribution in [0.25, 0.3) is 0 Å². The molecule has 0 atom stereocenters. The number of halogens is 4. The van der Waals surface area contributed by atoms with E-state index in [-0.39, 0.29) is 11.7 Å². The normalized spacial score (nSPS) is 13.4. The monoisotopic (exact) mass is 456 g/mol. The van der Waals surface area contributed by atoms with Crippen molar-refractivity contribution in [3.05, 3.63) is 126 Å². The minimum absolute atomic E-state index is 0.0564. The molecule has 0 aliphatic heterocycles. The molecule has 0 unspecified atom stereocenters. The summed E-state index contributed by atoms with van der Waals surface area (Å²) in [5.41, 5.74) is -0.452. The zero-order chi connectivity index (χ0) is 22.0. The quantitative estimate of drug-likeness (QED) is 0.287. The summed E-state index contributed by atoms with van der Waals surface area (Å²) in [6.07, 6.45) is -4.41. The van der Waals surface area contributed by atoms with E-state index >= 15 is 0 Å². The number of rotatable bonds is 5. The Balaban J connectivity index is 2.11. The Kier molecular flexibility index (Phi) is 5.68. The van der Waals surface area contributed by atoms with Crippen LogP contribution in [0.3, 0.4) is 0 Å². The van der Waals surface area contributed by atoms with E-state index in [2.05, 4.69) is 0 Å². The van der Waals surface area contributed by atoms with Gasteiger partial charge in [-0.15, -0.1) is 0 Å². The predicted molar refractivity (Wildman–Crippen MR) is 126 cm³/mol. The van der Waals surface area contributed by atoms with Gasteiger partial charge in [0.15, 0.2) is 0 Å². The first kappa shape index (κ1) is 21.6. The van der Waals surface area contributed by atoms with Crippen molar-refractivity contribution in [1.29, 1.82) is 0 Å². The van der Waals surface area contributed by atoms with Crippen molar-refractivity contribution >= 4 is 33.1 Å². The van der Waals surface area contributed by atoms with Gasteiger partial charge in [0.2, 0.25) is 0 Å². The van der Waals surface area contributed by atoms with Crippen molar-refractivity contribution in [2.24, 2.45) is 0 Å². The van der Waals surface area contributed by atoms with Gasteiger partial charge in [0, 0.05) is 0 Å². The number of hydrogen-bond acceptors (Lipinski definition) is 0. The summed E-state index contributed by atoms with van der Waals surface area (Å²) >= 11 is 7.89. The van der Waals surface area contributed by atoms with Crippen LogP contribution >= 0.6 is 17.2 Å². The van der Waals surface area contributed by atoms with Crippen LogP contribution in [0.1, 0.15) is 11.1 Å². The number of alkyl halides is 3. The standard InChI is InChI=1S/C26H21ClF3P/c27-31(22-13-4-1-5-14-22,23-15-6-2-7-16-23,24-17-8-3-9-18-24)20-21-12-10-11-19-25(21)26(28,29)30/h1-19H,20H2. The van der Waals surface area contributed by atoms with Crippen LogP contribution in [0, 0.1) is 0 Å². The van der Waals surface area contributed by atoms with Crippen LogP contribution in [0.5, 0.6) is 0 Å². The van der Waals surface area contributed by atoms with E-state index in [0.717, 1.165) is 22.0 Å². The molecule has 0 heterocycles. The van der Waals surface area contributed by atoms with Gasteiger partial charge >= 0.3 is 185 Å². The van der Waals surface area contributed by atoms with E-state index in [9.17, 15) is 13.2 Å². The summed E-state index contributed by atoms with van der Waals surface area (Å²) in [6, 6.07) is 34.3. The Morgan fingerprint density at radius 3 is 1.29 bits per heavy atom. The van der Waals surface area contributed by atoms with Gasteiger partial charge in [-0.2, -0.15) is 0 Å². The van der Waals surface area contributed by atoms with Crippen molar-refractivity contribution in [2.45, 2.75) is 12.3 Å². The van der Waals surface area contributed by atoms with Crippen molar-refractivity contribution in [3.63, 3.8) is 0 Å². The first-order valence-electron chi connectivity index (χ1n) is 9.89. The molecule has 0 saturated carbocycles. The van der Waals surface area contributed by atoms with Gasteiger partial charge in [-0.25, -0.2) is 0 Å². The molecule has 4 rings (SSSR count). The van der Waals surface area contributed by atoms with Gasteiger partial charge in [-0.05, 0) is 0 Å². The van der Waals surface area contributed by atoms with Crippen LogP contribution < -0.4 is 15.9 Å². The average molecular weight is 457 g/mol. The van der Waals surface area contributed by atoms with E-state index in [1.807, 2.05) is 91.0 Å². The zero-order valence-electron chi connectivity index (χ0n) is 16.6. The summed E-state index contributed by atoms with van der Waals surface area (Å²) in [4.78, 5) is 0. The third-order valence-electron chi connectivity index (χ3n) is 5.67. The SMILES string of the molecule is FC(F)(F)c1ccccc1CP(Cl)(c1ccccc1)(c1ccccc1)c1ccccc1. The van der Waals surface area contributed by atoms with Gasteiger partial charge in [-0.3, -0.25) is 0 Å². The third-order valence-corrected chi connectivity index (χ3v) is 12.8. The number of benzene rings is 4. The average Bonchev–Trinajstić information content (AvgIpc) is 2.80. The van der Waals surface area contributed by atoms with Crippen LogP contribution in [0.4, 0.5) is 13.2 Å². The minimum atomic E-state index is -4.47. The molecule has 0 aliphatic carbocycles. The molecule has 5 heteroatoms. The maximum absolute atomic E-state index is 13.9. The molecule has 4 aromatic rings. The van der Waals surface area contributed by atoms with Gasteiger partial charge in [0.25, 0.3) is 0 Å². The second-order valence-corrected chi connectivity index (χ2v) is 14.0. The molecule has 0 radical (unpaired) electrons. The second kappa shape index (κ2) is 8.15. The fourth-order valence-corrected chi connectivity index (χ4v) is 10.3. The molecule has 0 nitrogen and oxygen atoms in total. The van der Waals surface area contributed by atoms with E-state index in [4.69, 9.17) is 11.2 Å². The van der Waals surface area contributed by atoms with E-state index in [1.54, 1.807) is 12.1 Å². The maximum atomic E-state index is 13.9. The molecule has 0 saturated heterocycles. The molecule has 0 bridgehead atoms. The molecule has 0 N–H and O–H groups in total. The Bertz CT molecular complexity index is 1060. The summed E-state index contributed by atoms with van der Waals surface area (Å²) in [5, 5.41) is 2.51. The van der Waals surface area contributed by atoms with E-state index in [0.29, 0.717) is 0 Å². The van der Waals surface area contributed by atoms with Crippen LogP contribution in [-0.4, -0.2) is 0 Å². The second-order valence-electron chi connectivity index (χ2n) is 7.50. The first-order valence-corrected chi connectivity index (χ1v) is 13.2. The molecule has 158 valence electrons. The van der Waals surface area contributed by atoms with Crippen LogP contribution in [0.2, 0.25) is 0 Å². The molecule has 0 amide bonds. The first-order chi connectivity index (χ1) is 14.8. The summed E-state index contributed by atoms with van der Waals surface area (Å²) in [6.45, 7) is 0. The number of hydrogen-bond donors (Lipinski definition) is 0. The van der Waals surface area contributed by atoms with E-state index in [1.165, 1.54) is 6.07 Å². The molecule has 0 fully saturated rings. The molecule has 4 aromatic carbocycles. The Morgan fingerprint density at radius 2 is 0.903 bits per heavy atom. The van der Waals surface area contributed by atoms with Gasteiger partial charge < -0.3 is 0 Å². The van der Waals surface area contributed by atoms with Crippen molar-refractivity contribution in [2.75, 3.05) is 0 Å². The van der Waals surface area contributed by atoms with Crippen LogP contribution in [0.15, 0.2) is 115 Å². The summed E-state index contributed by atoms with van der Waals surface area (Å²) in [5.74, 6) is -3.82. The van der Waals surface area contributed by atoms with Gasteiger partial charge in [0.05, 0.1) is 0 Å². The van der Waals surface area contributed by atoms with Gasteiger partial charge in [-0.1, -0.05) is 0 Å². The molecular weight excluding hydrogens is 436 g/mol. The van der Waals surface area contributed by atoms with E-state index < -0.39 is 17.7 Å². The fourth-order valence-electron chi connectivity index (χ4n) is 4.19. The summed E-state index contributed by atoms with van der Waals surface area (Å²) < 4.78 is 41.8. The fraction of sp³-hybridized carbons (Fsp3) is 0.0769. The predicted octanol–water partition coefficient (Wildman–Crippen LogP) is 6.89. The third kappa shape index (κ3) is 3.78. The molecule has 31 heavy (non-hydrogen) atoms. The zero-order valence-corrected chi connectivity index (χ0v) is 18.3. The van der Waals surface area contributed by atoms with Crippen molar-refractivity contribution in [3.8, 4) is 0 Å². The summed E-state index contributed by atoms with van der Waals surface area (Å²) in [7, 11) is 0. The Morgan fingerprint density at radius 1 is 0.548 bits per heavy atom. The molecule has 0 spiro atoms. The van der Waals surface area contributed by atoms with Crippen molar-refractivity contribution < 1.29 is 13.2 Å². The van der Waals surface area contributed by atoms with Crippen LogP contribution in [-0.2, 0) is 12.3 Å².